The van der Waals surface area contributed by atoms with Gasteiger partial charge in [-0.3, -0.25) is 0 Å². The lowest BCUT2D eigenvalue weighted by molar-refractivity contribution is 0.0663. The Labute approximate surface area is 123 Å². The minimum Gasteiger partial charge on any atom is -0.475 e. The van der Waals surface area contributed by atoms with Crippen molar-refractivity contribution in [3.63, 3.8) is 0 Å². The molecular weight excluding hydrogens is 270 g/mol. The first-order chi connectivity index (χ1) is 10.2. The fourth-order valence-electron chi connectivity index (χ4n) is 2.38. The van der Waals surface area contributed by atoms with Crippen molar-refractivity contribution < 1.29 is 19.4 Å². The van der Waals surface area contributed by atoms with Crippen LogP contribution in [0, 0.1) is 0 Å². The van der Waals surface area contributed by atoms with Gasteiger partial charge in [0.05, 0.1) is 0 Å². The maximum absolute atomic E-state index is 11.3. The molecule has 114 valence electrons. The Hall–Kier alpha value is -1.85. The van der Waals surface area contributed by atoms with E-state index in [4.69, 9.17) is 9.52 Å². The van der Waals surface area contributed by atoms with Gasteiger partial charge in [0.15, 0.2) is 0 Å². The average molecular weight is 291 g/mol. The van der Waals surface area contributed by atoms with Gasteiger partial charge in [-0.2, -0.15) is 0 Å². The number of unbranched alkanes of at least 4 members (excludes halogenated alkanes) is 3. The molecule has 3 N–H and O–H groups in total. The van der Waals surface area contributed by atoms with Crippen LogP contribution in [0.3, 0.4) is 0 Å². The number of para-hydroxylation sites is 1. The third kappa shape index (κ3) is 4.06. The first-order valence-corrected chi connectivity index (χ1v) is 7.29. The van der Waals surface area contributed by atoms with Crippen LogP contribution in [0.4, 0.5) is 0 Å². The fourth-order valence-corrected chi connectivity index (χ4v) is 2.38. The smallest absolute Gasteiger partial charge is 0.372 e. The number of furan rings is 1. The molecule has 2 aromatic rings. The number of carboxylic acids is 1. The first-order valence-electron chi connectivity index (χ1n) is 7.29. The SMILES string of the molecule is O=C(O)c1oc2ccccc2c1CNCCCCCCO. The van der Waals surface area contributed by atoms with Gasteiger partial charge in [0.2, 0.25) is 5.76 Å². The van der Waals surface area contributed by atoms with Crippen LogP contribution in [-0.2, 0) is 6.54 Å². The van der Waals surface area contributed by atoms with Crippen molar-refractivity contribution in [1.82, 2.24) is 5.32 Å². The van der Waals surface area contributed by atoms with E-state index in [0.717, 1.165) is 37.6 Å². The van der Waals surface area contributed by atoms with Gasteiger partial charge >= 0.3 is 5.97 Å². The second-order valence-corrected chi connectivity index (χ2v) is 5.03. The molecule has 0 atom stereocenters. The lowest BCUT2D eigenvalue weighted by Crippen LogP contribution is -2.16. The second-order valence-electron chi connectivity index (χ2n) is 5.03. The van der Waals surface area contributed by atoms with Crippen LogP contribution in [-0.4, -0.2) is 29.3 Å². The van der Waals surface area contributed by atoms with Crippen molar-refractivity contribution >= 4 is 16.9 Å². The summed E-state index contributed by atoms with van der Waals surface area (Å²) in [5.74, 6) is -1.02. The number of hydrogen-bond donors (Lipinski definition) is 3. The Bertz CT molecular complexity index is 591. The average Bonchev–Trinajstić information content (AvgIpc) is 2.85. The molecule has 0 bridgehead atoms. The molecule has 0 spiro atoms. The number of aromatic carboxylic acids is 1. The summed E-state index contributed by atoms with van der Waals surface area (Å²) in [7, 11) is 0. The highest BCUT2D eigenvalue weighted by Crippen LogP contribution is 2.25. The number of carboxylic acid groups (broad SMARTS) is 1. The Morgan fingerprint density at radius 3 is 2.67 bits per heavy atom. The molecule has 1 heterocycles. The summed E-state index contributed by atoms with van der Waals surface area (Å²) >= 11 is 0. The third-order valence-electron chi connectivity index (χ3n) is 3.46. The van der Waals surface area contributed by atoms with Crippen molar-refractivity contribution in [3.8, 4) is 0 Å². The van der Waals surface area contributed by atoms with E-state index in [0.29, 0.717) is 17.7 Å². The number of hydrogen-bond acceptors (Lipinski definition) is 4. The van der Waals surface area contributed by atoms with Gasteiger partial charge in [0.1, 0.15) is 5.58 Å². The van der Waals surface area contributed by atoms with E-state index in [-0.39, 0.29) is 12.4 Å². The molecule has 1 aromatic carbocycles. The summed E-state index contributed by atoms with van der Waals surface area (Å²) in [6, 6.07) is 7.36. The highest BCUT2D eigenvalue weighted by Gasteiger charge is 2.18. The largest absolute Gasteiger partial charge is 0.475 e. The minimum atomic E-state index is -1.04. The van der Waals surface area contributed by atoms with Crippen LogP contribution in [0.1, 0.15) is 41.8 Å². The van der Waals surface area contributed by atoms with E-state index in [2.05, 4.69) is 5.32 Å². The van der Waals surface area contributed by atoms with Gasteiger partial charge in [-0.1, -0.05) is 31.0 Å². The Balaban J connectivity index is 1.94. The number of aliphatic hydroxyl groups excluding tert-OH is 1. The van der Waals surface area contributed by atoms with Crippen molar-refractivity contribution in [2.24, 2.45) is 0 Å². The molecule has 21 heavy (non-hydrogen) atoms. The summed E-state index contributed by atoms with van der Waals surface area (Å²) in [5, 5.41) is 22.0. The van der Waals surface area contributed by atoms with Gasteiger partial charge in [-0.05, 0) is 25.5 Å². The molecule has 0 aliphatic heterocycles. The van der Waals surface area contributed by atoms with E-state index in [1.807, 2.05) is 18.2 Å². The predicted octanol–water partition coefficient (Wildman–Crippen LogP) is 2.77. The lowest BCUT2D eigenvalue weighted by atomic mass is 10.1. The molecule has 0 fully saturated rings. The Kier molecular flexibility index (Phi) is 5.78. The Morgan fingerprint density at radius 2 is 1.90 bits per heavy atom. The highest BCUT2D eigenvalue weighted by atomic mass is 16.4. The van der Waals surface area contributed by atoms with Crippen LogP contribution in [0.25, 0.3) is 11.0 Å². The number of benzene rings is 1. The second kappa shape index (κ2) is 7.81. The zero-order chi connectivity index (χ0) is 15.1. The van der Waals surface area contributed by atoms with Gasteiger partial charge in [0.25, 0.3) is 0 Å². The summed E-state index contributed by atoms with van der Waals surface area (Å²) in [6.45, 7) is 1.55. The van der Waals surface area contributed by atoms with E-state index in [1.54, 1.807) is 6.07 Å². The van der Waals surface area contributed by atoms with E-state index in [1.165, 1.54) is 0 Å². The molecule has 5 nitrogen and oxygen atoms in total. The zero-order valence-corrected chi connectivity index (χ0v) is 12.0. The van der Waals surface area contributed by atoms with Crippen molar-refractivity contribution in [3.05, 3.63) is 35.6 Å². The van der Waals surface area contributed by atoms with Crippen LogP contribution in [0.2, 0.25) is 0 Å². The van der Waals surface area contributed by atoms with Gasteiger partial charge in [-0.15, -0.1) is 0 Å². The van der Waals surface area contributed by atoms with Crippen LogP contribution in [0.15, 0.2) is 28.7 Å². The van der Waals surface area contributed by atoms with Crippen molar-refractivity contribution in [2.75, 3.05) is 13.2 Å². The molecule has 0 unspecified atom stereocenters. The topological polar surface area (TPSA) is 82.7 Å². The summed E-state index contributed by atoms with van der Waals surface area (Å²) in [6.07, 6.45) is 3.94. The number of aliphatic hydroxyl groups is 1. The van der Waals surface area contributed by atoms with Crippen LogP contribution < -0.4 is 5.32 Å². The molecule has 0 aliphatic carbocycles. The maximum Gasteiger partial charge on any atom is 0.372 e. The number of carbonyl (C=O) groups is 1. The van der Waals surface area contributed by atoms with Gasteiger partial charge in [-0.25, -0.2) is 4.79 Å². The number of nitrogens with one attached hydrogen (secondary N) is 1. The summed E-state index contributed by atoms with van der Waals surface area (Å²) in [4.78, 5) is 11.3. The molecule has 0 radical (unpaired) electrons. The first kappa shape index (κ1) is 15.5. The monoisotopic (exact) mass is 291 g/mol. The maximum atomic E-state index is 11.3. The zero-order valence-electron chi connectivity index (χ0n) is 12.0. The standard InChI is InChI=1S/C16H21NO4/c18-10-6-2-1-5-9-17-11-13-12-7-3-4-8-14(12)21-15(13)16(19)20/h3-4,7-8,17-18H,1-2,5-6,9-11H2,(H,19,20). The summed E-state index contributed by atoms with van der Waals surface area (Å²) in [5.41, 5.74) is 1.31. The van der Waals surface area contributed by atoms with Crippen LogP contribution in [0.5, 0.6) is 0 Å². The summed E-state index contributed by atoms with van der Waals surface area (Å²) < 4.78 is 5.40. The molecular formula is C16H21NO4. The minimum absolute atomic E-state index is 0.0176. The molecule has 2 rings (SSSR count). The van der Waals surface area contributed by atoms with Crippen LogP contribution >= 0.6 is 0 Å². The molecule has 0 saturated carbocycles. The molecule has 5 heteroatoms. The normalized spacial score (nSPS) is 11.1. The van der Waals surface area contributed by atoms with E-state index >= 15 is 0 Å². The number of fused-ring (bicyclic) bond motifs is 1. The molecule has 0 amide bonds. The lowest BCUT2D eigenvalue weighted by Gasteiger charge is -2.04. The fraction of sp³-hybridized carbons (Fsp3) is 0.438. The number of rotatable bonds is 9. The van der Waals surface area contributed by atoms with Crippen molar-refractivity contribution in [2.45, 2.75) is 32.2 Å². The van der Waals surface area contributed by atoms with Gasteiger partial charge in [0, 0.05) is 24.1 Å². The molecule has 1 aromatic heterocycles. The predicted molar refractivity (Wildman–Crippen MR) is 80.4 cm³/mol. The Morgan fingerprint density at radius 1 is 1.14 bits per heavy atom. The quantitative estimate of drug-likeness (QED) is 0.619. The van der Waals surface area contributed by atoms with E-state index < -0.39 is 5.97 Å². The van der Waals surface area contributed by atoms with Crippen molar-refractivity contribution in [1.29, 1.82) is 0 Å². The molecule has 0 aliphatic rings. The molecule has 0 saturated heterocycles. The van der Waals surface area contributed by atoms with Gasteiger partial charge < -0.3 is 19.9 Å². The highest BCUT2D eigenvalue weighted by molar-refractivity contribution is 5.95. The van der Waals surface area contributed by atoms with E-state index in [9.17, 15) is 9.90 Å². The third-order valence-corrected chi connectivity index (χ3v) is 3.46.